The van der Waals surface area contributed by atoms with Gasteiger partial charge in [-0.15, -0.1) is 0 Å². The number of amides is 1. The van der Waals surface area contributed by atoms with Crippen LogP contribution in [0, 0.1) is 0 Å². The van der Waals surface area contributed by atoms with Crippen LogP contribution < -0.4 is 0 Å². The molecule has 0 aromatic carbocycles. The molecule has 0 spiro atoms. The number of allylic oxidation sites excluding steroid dienone is 1. The van der Waals surface area contributed by atoms with Crippen molar-refractivity contribution in [2.24, 2.45) is 0 Å². The molecule has 0 saturated carbocycles. The molecule has 13 heavy (non-hydrogen) atoms. The summed E-state index contributed by atoms with van der Waals surface area (Å²) in [4.78, 5) is 16.9. The first-order chi connectivity index (χ1) is 5.90. The SMILES string of the molecule is C=C1CCCC(=O)N1OC(C)(C)C. The Morgan fingerprint density at radius 1 is 1.38 bits per heavy atom. The molecule has 0 radical (unpaired) electrons. The fourth-order valence-corrected chi connectivity index (χ4v) is 1.21. The Kier molecular flexibility index (Phi) is 2.76. The fourth-order valence-electron chi connectivity index (χ4n) is 1.21. The van der Waals surface area contributed by atoms with Crippen molar-refractivity contribution in [3.63, 3.8) is 0 Å². The number of rotatable bonds is 1. The van der Waals surface area contributed by atoms with Crippen LogP contribution in [-0.4, -0.2) is 16.6 Å². The van der Waals surface area contributed by atoms with Gasteiger partial charge in [-0.05, 0) is 33.6 Å². The molecule has 0 aliphatic carbocycles. The van der Waals surface area contributed by atoms with Crippen molar-refractivity contribution in [1.82, 2.24) is 5.06 Å². The number of hydroxylamine groups is 2. The summed E-state index contributed by atoms with van der Waals surface area (Å²) in [5, 5.41) is 1.35. The zero-order valence-corrected chi connectivity index (χ0v) is 8.59. The zero-order chi connectivity index (χ0) is 10.1. The molecule has 1 heterocycles. The maximum Gasteiger partial charge on any atom is 0.250 e. The van der Waals surface area contributed by atoms with Crippen molar-refractivity contribution in [3.05, 3.63) is 12.3 Å². The summed E-state index contributed by atoms with van der Waals surface area (Å²) in [5.74, 6) is 0.0196. The third-order valence-corrected chi connectivity index (χ3v) is 1.73. The van der Waals surface area contributed by atoms with Gasteiger partial charge in [0.05, 0.1) is 5.60 Å². The molecule has 1 fully saturated rings. The maximum atomic E-state index is 11.4. The molecule has 1 amide bonds. The quantitative estimate of drug-likeness (QED) is 0.624. The summed E-state index contributed by atoms with van der Waals surface area (Å²) in [5.41, 5.74) is 0.432. The van der Waals surface area contributed by atoms with E-state index in [0.717, 1.165) is 18.5 Å². The van der Waals surface area contributed by atoms with Crippen LogP contribution in [0.15, 0.2) is 12.3 Å². The molecule has 0 N–H and O–H groups in total. The van der Waals surface area contributed by atoms with E-state index in [-0.39, 0.29) is 11.5 Å². The van der Waals surface area contributed by atoms with E-state index >= 15 is 0 Å². The molecule has 0 aromatic heterocycles. The fraction of sp³-hybridized carbons (Fsp3) is 0.700. The van der Waals surface area contributed by atoms with Gasteiger partial charge in [0, 0.05) is 12.1 Å². The lowest BCUT2D eigenvalue weighted by Gasteiger charge is -2.33. The van der Waals surface area contributed by atoms with Gasteiger partial charge in [0.25, 0.3) is 5.91 Å². The highest BCUT2D eigenvalue weighted by Crippen LogP contribution is 2.23. The minimum absolute atomic E-state index is 0.0196. The average Bonchev–Trinajstić information content (AvgIpc) is 1.95. The van der Waals surface area contributed by atoms with Gasteiger partial charge in [-0.25, -0.2) is 0 Å². The molecule has 3 nitrogen and oxygen atoms in total. The standard InChI is InChI=1S/C10H17NO2/c1-8-6-5-7-9(12)11(8)13-10(2,3)4/h1,5-7H2,2-4H3. The molecule has 3 heteroatoms. The van der Waals surface area contributed by atoms with Gasteiger partial charge in [0.1, 0.15) is 0 Å². The lowest BCUT2D eigenvalue weighted by atomic mass is 10.1. The number of hydrogen-bond acceptors (Lipinski definition) is 2. The van der Waals surface area contributed by atoms with Crippen LogP contribution in [0.5, 0.6) is 0 Å². The zero-order valence-electron chi connectivity index (χ0n) is 8.59. The average molecular weight is 183 g/mol. The van der Waals surface area contributed by atoms with Gasteiger partial charge >= 0.3 is 0 Å². The van der Waals surface area contributed by atoms with E-state index in [2.05, 4.69) is 6.58 Å². The van der Waals surface area contributed by atoms with E-state index in [1.54, 1.807) is 0 Å². The van der Waals surface area contributed by atoms with Crippen LogP contribution in [0.3, 0.4) is 0 Å². The molecule has 0 aromatic rings. The van der Waals surface area contributed by atoms with E-state index in [0.29, 0.717) is 6.42 Å². The van der Waals surface area contributed by atoms with Gasteiger partial charge < -0.3 is 0 Å². The van der Waals surface area contributed by atoms with Crippen molar-refractivity contribution in [3.8, 4) is 0 Å². The Labute approximate surface area is 79.3 Å². The highest BCUT2D eigenvalue weighted by atomic mass is 16.7. The van der Waals surface area contributed by atoms with Crippen LogP contribution in [0.1, 0.15) is 40.0 Å². The Morgan fingerprint density at radius 3 is 2.46 bits per heavy atom. The van der Waals surface area contributed by atoms with Crippen LogP contribution >= 0.6 is 0 Å². The van der Waals surface area contributed by atoms with Crippen LogP contribution in [0.4, 0.5) is 0 Å². The first kappa shape index (κ1) is 10.3. The Hall–Kier alpha value is -0.830. The second-order valence-corrected chi connectivity index (χ2v) is 4.31. The number of carbonyl (C=O) groups excluding carboxylic acids is 1. The van der Waals surface area contributed by atoms with Crippen LogP contribution in [0.25, 0.3) is 0 Å². The highest BCUT2D eigenvalue weighted by Gasteiger charge is 2.26. The topological polar surface area (TPSA) is 29.5 Å². The predicted octanol–water partition coefficient (Wildman–Crippen LogP) is 2.24. The molecule has 1 aliphatic heterocycles. The normalized spacial score (nSPS) is 19.5. The van der Waals surface area contributed by atoms with Crippen LogP contribution in [0.2, 0.25) is 0 Å². The highest BCUT2D eigenvalue weighted by molar-refractivity contribution is 5.77. The lowest BCUT2D eigenvalue weighted by Crippen LogP contribution is -2.39. The molecular weight excluding hydrogens is 166 g/mol. The van der Waals surface area contributed by atoms with E-state index < -0.39 is 0 Å². The molecule has 0 bridgehead atoms. The summed E-state index contributed by atoms with van der Waals surface area (Å²) in [6, 6.07) is 0. The van der Waals surface area contributed by atoms with Crippen molar-refractivity contribution in [2.75, 3.05) is 0 Å². The number of nitrogens with zero attached hydrogens (tertiary/aromatic N) is 1. The number of piperidine rings is 1. The molecule has 1 aliphatic rings. The van der Waals surface area contributed by atoms with Gasteiger partial charge in [0.15, 0.2) is 0 Å². The monoisotopic (exact) mass is 183 g/mol. The molecule has 0 atom stereocenters. The van der Waals surface area contributed by atoms with Gasteiger partial charge in [0.2, 0.25) is 0 Å². The number of carbonyl (C=O) groups is 1. The van der Waals surface area contributed by atoms with E-state index in [1.165, 1.54) is 5.06 Å². The molecule has 1 rings (SSSR count). The Morgan fingerprint density at radius 2 is 2.00 bits per heavy atom. The van der Waals surface area contributed by atoms with E-state index in [9.17, 15) is 4.79 Å². The second-order valence-electron chi connectivity index (χ2n) is 4.31. The lowest BCUT2D eigenvalue weighted by molar-refractivity contribution is -0.216. The van der Waals surface area contributed by atoms with Crippen molar-refractivity contribution >= 4 is 5.91 Å². The molecular formula is C10H17NO2. The van der Waals surface area contributed by atoms with Crippen LogP contribution in [-0.2, 0) is 9.63 Å². The van der Waals surface area contributed by atoms with Crippen molar-refractivity contribution < 1.29 is 9.63 Å². The van der Waals surface area contributed by atoms with Gasteiger partial charge in [-0.3, -0.25) is 9.63 Å². The Bertz CT molecular complexity index is 212. The minimum atomic E-state index is -0.337. The third-order valence-electron chi connectivity index (χ3n) is 1.73. The maximum absolute atomic E-state index is 11.4. The van der Waals surface area contributed by atoms with E-state index in [1.807, 2.05) is 20.8 Å². The van der Waals surface area contributed by atoms with Gasteiger partial charge in [-0.2, -0.15) is 5.06 Å². The van der Waals surface area contributed by atoms with Gasteiger partial charge in [-0.1, -0.05) is 6.58 Å². The largest absolute Gasteiger partial charge is 0.272 e. The summed E-state index contributed by atoms with van der Waals surface area (Å²) in [6.45, 7) is 9.57. The van der Waals surface area contributed by atoms with E-state index in [4.69, 9.17) is 4.84 Å². The predicted molar refractivity (Wildman–Crippen MR) is 50.7 cm³/mol. The first-order valence-corrected chi connectivity index (χ1v) is 4.60. The minimum Gasteiger partial charge on any atom is -0.272 e. The smallest absolute Gasteiger partial charge is 0.250 e. The second kappa shape index (κ2) is 3.50. The summed E-state index contributed by atoms with van der Waals surface area (Å²) in [6.07, 6.45) is 2.30. The summed E-state index contributed by atoms with van der Waals surface area (Å²) >= 11 is 0. The number of hydrogen-bond donors (Lipinski definition) is 0. The van der Waals surface area contributed by atoms with Crippen molar-refractivity contribution in [1.29, 1.82) is 0 Å². The molecule has 0 unspecified atom stereocenters. The summed E-state index contributed by atoms with van der Waals surface area (Å²) < 4.78 is 0. The molecule has 74 valence electrons. The third kappa shape index (κ3) is 2.84. The Balaban J connectivity index is 2.65. The van der Waals surface area contributed by atoms with Crippen molar-refractivity contribution in [2.45, 2.75) is 45.6 Å². The summed E-state index contributed by atoms with van der Waals surface area (Å²) in [7, 11) is 0. The molecule has 1 saturated heterocycles. The first-order valence-electron chi connectivity index (χ1n) is 4.60.